The number of carbonyl (C=O) groups is 1. The van der Waals surface area contributed by atoms with Gasteiger partial charge >= 0.3 is 0 Å². The highest BCUT2D eigenvalue weighted by molar-refractivity contribution is 5.91. The van der Waals surface area contributed by atoms with Crippen LogP contribution in [0.25, 0.3) is 0 Å². The lowest BCUT2D eigenvalue weighted by Gasteiger charge is -2.14. The van der Waals surface area contributed by atoms with Gasteiger partial charge in [-0.15, -0.1) is 6.58 Å². The Bertz CT molecular complexity index is 668. The quantitative estimate of drug-likeness (QED) is 0.770. The van der Waals surface area contributed by atoms with Gasteiger partial charge < -0.3 is 15.2 Å². The topological polar surface area (TPSA) is 58.6 Å². The Morgan fingerprint density at radius 2 is 2.04 bits per heavy atom. The Kier molecular flexibility index (Phi) is 5.94. The number of benzene rings is 2. The number of methoxy groups -OCH3 is 1. The van der Waals surface area contributed by atoms with E-state index in [-0.39, 0.29) is 18.4 Å². The normalized spacial score (nSPS) is 11.6. The Hall–Kier alpha value is -2.59. The fraction of sp³-hybridized carbons (Fsp3) is 0.211. The first kappa shape index (κ1) is 16.8. The van der Waals surface area contributed by atoms with Gasteiger partial charge in [0.1, 0.15) is 5.75 Å². The fourth-order valence-corrected chi connectivity index (χ4v) is 2.43. The highest BCUT2D eigenvalue weighted by Crippen LogP contribution is 2.24. The van der Waals surface area contributed by atoms with Crippen molar-refractivity contribution in [1.82, 2.24) is 0 Å². The summed E-state index contributed by atoms with van der Waals surface area (Å²) >= 11 is 0. The van der Waals surface area contributed by atoms with Gasteiger partial charge in [0.25, 0.3) is 0 Å². The van der Waals surface area contributed by atoms with E-state index in [1.807, 2.05) is 30.3 Å². The zero-order chi connectivity index (χ0) is 16.7. The number of hydrogen-bond acceptors (Lipinski definition) is 3. The first-order valence-electron chi connectivity index (χ1n) is 7.43. The molecular weight excluding hydrogens is 290 g/mol. The third-order valence-corrected chi connectivity index (χ3v) is 3.65. The largest absolute Gasteiger partial charge is 0.496 e. The van der Waals surface area contributed by atoms with Gasteiger partial charge in [-0.25, -0.2) is 0 Å². The maximum Gasteiger partial charge on any atom is 0.225 e. The molecule has 0 saturated heterocycles. The van der Waals surface area contributed by atoms with E-state index in [1.165, 1.54) is 0 Å². The Labute approximate surface area is 136 Å². The molecule has 0 heterocycles. The molecule has 0 bridgehead atoms. The van der Waals surface area contributed by atoms with Crippen molar-refractivity contribution in [2.24, 2.45) is 0 Å². The Morgan fingerprint density at radius 1 is 1.30 bits per heavy atom. The minimum atomic E-state index is -0.147. The summed E-state index contributed by atoms with van der Waals surface area (Å²) < 4.78 is 5.15. The molecule has 4 heteroatoms. The summed E-state index contributed by atoms with van der Waals surface area (Å²) in [5.74, 6) is 0.457. The standard InChI is InChI=1S/C19H21NO3/c1-3-14(15-7-5-4-6-8-15)12-19(22)20-17-9-10-18(23-2)16(11-17)13-21/h3-11,14,21H,1,12-13H2,2H3,(H,20,22). The molecule has 4 nitrogen and oxygen atoms in total. The molecule has 0 spiro atoms. The molecule has 120 valence electrons. The molecule has 2 aromatic rings. The van der Waals surface area contributed by atoms with E-state index in [0.717, 1.165) is 5.56 Å². The van der Waals surface area contributed by atoms with Crippen molar-refractivity contribution in [2.75, 3.05) is 12.4 Å². The van der Waals surface area contributed by atoms with Gasteiger partial charge in [0.2, 0.25) is 5.91 Å². The third-order valence-electron chi connectivity index (χ3n) is 3.65. The molecular formula is C19H21NO3. The highest BCUT2D eigenvalue weighted by atomic mass is 16.5. The van der Waals surface area contributed by atoms with Crippen LogP contribution in [0.2, 0.25) is 0 Å². The van der Waals surface area contributed by atoms with Crippen molar-refractivity contribution in [1.29, 1.82) is 0 Å². The molecule has 0 aromatic heterocycles. The van der Waals surface area contributed by atoms with Crippen molar-refractivity contribution in [3.63, 3.8) is 0 Å². The number of carbonyl (C=O) groups excluding carboxylic acids is 1. The number of aliphatic hydroxyl groups excluding tert-OH is 1. The molecule has 0 aliphatic rings. The van der Waals surface area contributed by atoms with E-state index in [1.54, 1.807) is 31.4 Å². The van der Waals surface area contributed by atoms with Crippen LogP contribution in [0, 0.1) is 0 Å². The van der Waals surface area contributed by atoms with Crippen LogP contribution in [0.15, 0.2) is 61.2 Å². The number of aliphatic hydroxyl groups is 1. The van der Waals surface area contributed by atoms with Crippen molar-refractivity contribution >= 4 is 11.6 Å². The predicted molar refractivity (Wildman–Crippen MR) is 91.5 cm³/mol. The molecule has 23 heavy (non-hydrogen) atoms. The Morgan fingerprint density at radius 3 is 2.65 bits per heavy atom. The maximum absolute atomic E-state index is 12.3. The molecule has 0 aliphatic carbocycles. The third kappa shape index (κ3) is 4.44. The van der Waals surface area contributed by atoms with Crippen LogP contribution in [0.4, 0.5) is 5.69 Å². The van der Waals surface area contributed by atoms with Crippen molar-refractivity contribution in [3.8, 4) is 5.75 Å². The fourth-order valence-electron chi connectivity index (χ4n) is 2.43. The molecule has 0 radical (unpaired) electrons. The average molecular weight is 311 g/mol. The zero-order valence-corrected chi connectivity index (χ0v) is 13.2. The molecule has 1 atom stereocenters. The van der Waals surface area contributed by atoms with Crippen LogP contribution in [-0.4, -0.2) is 18.1 Å². The van der Waals surface area contributed by atoms with Gasteiger partial charge in [-0.2, -0.15) is 0 Å². The lowest BCUT2D eigenvalue weighted by molar-refractivity contribution is -0.116. The maximum atomic E-state index is 12.3. The summed E-state index contributed by atoms with van der Waals surface area (Å²) in [6, 6.07) is 15.0. The minimum absolute atomic E-state index is 0.0354. The summed E-state index contributed by atoms with van der Waals surface area (Å²) in [4.78, 5) is 12.3. The van der Waals surface area contributed by atoms with Crippen LogP contribution in [0.1, 0.15) is 23.5 Å². The molecule has 1 unspecified atom stereocenters. The molecule has 1 amide bonds. The summed E-state index contributed by atoms with van der Waals surface area (Å²) in [6.07, 6.45) is 2.09. The van der Waals surface area contributed by atoms with Crippen molar-refractivity contribution in [3.05, 3.63) is 72.3 Å². The van der Waals surface area contributed by atoms with Crippen LogP contribution in [0.3, 0.4) is 0 Å². The van der Waals surface area contributed by atoms with Gasteiger partial charge in [-0.3, -0.25) is 4.79 Å². The summed E-state index contributed by atoms with van der Waals surface area (Å²) in [7, 11) is 1.54. The van der Waals surface area contributed by atoms with Gasteiger partial charge in [-0.05, 0) is 23.8 Å². The number of amides is 1. The summed E-state index contributed by atoms with van der Waals surface area (Å²) in [6.45, 7) is 3.67. The van der Waals surface area contributed by atoms with Crippen LogP contribution in [0.5, 0.6) is 5.75 Å². The molecule has 2 N–H and O–H groups in total. The second-order valence-corrected chi connectivity index (χ2v) is 5.19. The smallest absolute Gasteiger partial charge is 0.225 e. The first-order chi connectivity index (χ1) is 11.2. The average Bonchev–Trinajstić information content (AvgIpc) is 2.60. The van der Waals surface area contributed by atoms with E-state index < -0.39 is 0 Å². The predicted octanol–water partition coefficient (Wildman–Crippen LogP) is 3.49. The number of ether oxygens (including phenoxy) is 1. The molecule has 0 saturated carbocycles. The van der Waals surface area contributed by atoms with E-state index in [9.17, 15) is 9.90 Å². The van der Waals surface area contributed by atoms with Crippen LogP contribution < -0.4 is 10.1 Å². The van der Waals surface area contributed by atoms with Gasteiger partial charge in [0, 0.05) is 23.6 Å². The first-order valence-corrected chi connectivity index (χ1v) is 7.43. The second kappa shape index (κ2) is 8.15. The lowest BCUT2D eigenvalue weighted by Crippen LogP contribution is -2.15. The number of nitrogens with one attached hydrogen (secondary N) is 1. The van der Waals surface area contributed by atoms with E-state index in [0.29, 0.717) is 23.4 Å². The summed E-state index contributed by atoms with van der Waals surface area (Å²) in [5, 5.41) is 12.2. The monoisotopic (exact) mass is 311 g/mol. The number of anilines is 1. The number of hydrogen-bond donors (Lipinski definition) is 2. The van der Waals surface area contributed by atoms with Crippen molar-refractivity contribution < 1.29 is 14.6 Å². The number of rotatable bonds is 7. The van der Waals surface area contributed by atoms with Gasteiger partial charge in [-0.1, -0.05) is 36.4 Å². The molecule has 0 aliphatic heterocycles. The minimum Gasteiger partial charge on any atom is -0.496 e. The summed E-state index contributed by atoms with van der Waals surface area (Å²) in [5.41, 5.74) is 2.33. The van der Waals surface area contributed by atoms with E-state index in [2.05, 4.69) is 11.9 Å². The van der Waals surface area contributed by atoms with Crippen LogP contribution >= 0.6 is 0 Å². The second-order valence-electron chi connectivity index (χ2n) is 5.19. The van der Waals surface area contributed by atoms with Gasteiger partial charge in [0.05, 0.1) is 13.7 Å². The Balaban J connectivity index is 2.05. The molecule has 2 aromatic carbocycles. The highest BCUT2D eigenvalue weighted by Gasteiger charge is 2.13. The molecule has 0 fully saturated rings. The molecule has 2 rings (SSSR count). The van der Waals surface area contributed by atoms with Crippen molar-refractivity contribution in [2.45, 2.75) is 18.9 Å². The zero-order valence-electron chi connectivity index (χ0n) is 13.2. The van der Waals surface area contributed by atoms with E-state index in [4.69, 9.17) is 4.74 Å². The van der Waals surface area contributed by atoms with Crippen LogP contribution in [-0.2, 0) is 11.4 Å². The number of allylic oxidation sites excluding steroid dienone is 1. The van der Waals surface area contributed by atoms with Gasteiger partial charge in [0.15, 0.2) is 0 Å². The SMILES string of the molecule is C=CC(CC(=O)Nc1ccc(OC)c(CO)c1)c1ccccc1. The van der Waals surface area contributed by atoms with E-state index >= 15 is 0 Å². The lowest BCUT2D eigenvalue weighted by atomic mass is 9.95.